The van der Waals surface area contributed by atoms with Crippen LogP contribution in [0.1, 0.15) is 16.7 Å². The molecule has 1 heterocycles. The largest absolute Gasteiger partial charge is 0.492 e. The van der Waals surface area contributed by atoms with Gasteiger partial charge in [0.2, 0.25) is 10.0 Å². The van der Waals surface area contributed by atoms with E-state index in [2.05, 4.69) is 0 Å². The van der Waals surface area contributed by atoms with Crippen LogP contribution in [0, 0.1) is 0 Å². The Hall–Kier alpha value is -2.38. The van der Waals surface area contributed by atoms with Crippen molar-refractivity contribution in [2.45, 2.75) is 24.7 Å². The Morgan fingerprint density at radius 3 is 2.53 bits per heavy atom. The zero-order valence-electron chi connectivity index (χ0n) is 16.3. The third kappa shape index (κ3) is 4.68. The summed E-state index contributed by atoms with van der Waals surface area (Å²) in [6.07, 6.45) is 0. The number of sulfonamides is 1. The summed E-state index contributed by atoms with van der Waals surface area (Å²) in [6, 6.07) is 21.8. The highest BCUT2D eigenvalue weighted by atomic mass is 35.5. The van der Waals surface area contributed by atoms with E-state index in [1.54, 1.807) is 30.3 Å². The van der Waals surface area contributed by atoms with Crippen LogP contribution in [0.15, 0.2) is 77.7 Å². The van der Waals surface area contributed by atoms with Crippen molar-refractivity contribution < 1.29 is 17.9 Å². The number of hydrogen-bond donors (Lipinski definition) is 0. The molecule has 1 aliphatic heterocycles. The summed E-state index contributed by atoms with van der Waals surface area (Å²) >= 11 is 6.17. The first-order valence-electron chi connectivity index (χ1n) is 9.65. The average molecular weight is 444 g/mol. The molecule has 3 aromatic rings. The minimum Gasteiger partial charge on any atom is -0.492 e. The van der Waals surface area contributed by atoms with Crippen molar-refractivity contribution in [1.82, 2.24) is 4.31 Å². The van der Waals surface area contributed by atoms with Crippen LogP contribution >= 0.6 is 11.6 Å². The van der Waals surface area contributed by atoms with Gasteiger partial charge in [-0.25, -0.2) is 8.42 Å². The van der Waals surface area contributed by atoms with Gasteiger partial charge < -0.3 is 9.47 Å². The van der Waals surface area contributed by atoms with Gasteiger partial charge in [0.05, 0.1) is 18.1 Å². The van der Waals surface area contributed by atoms with Crippen molar-refractivity contribution in [2.75, 3.05) is 13.2 Å². The van der Waals surface area contributed by atoms with E-state index in [0.717, 1.165) is 16.7 Å². The van der Waals surface area contributed by atoms with Crippen LogP contribution in [0.4, 0.5) is 0 Å². The second-order valence-electron chi connectivity index (χ2n) is 7.03. The highest BCUT2D eigenvalue weighted by Gasteiger charge is 2.27. The van der Waals surface area contributed by atoms with Crippen molar-refractivity contribution in [2.24, 2.45) is 0 Å². The Morgan fingerprint density at radius 2 is 1.73 bits per heavy atom. The molecule has 1 aliphatic rings. The fourth-order valence-electron chi connectivity index (χ4n) is 3.35. The van der Waals surface area contributed by atoms with E-state index in [9.17, 15) is 8.42 Å². The van der Waals surface area contributed by atoms with Gasteiger partial charge in [-0.1, -0.05) is 54.1 Å². The molecule has 156 valence electrons. The lowest BCUT2D eigenvalue weighted by atomic mass is 10.1. The van der Waals surface area contributed by atoms with Gasteiger partial charge >= 0.3 is 0 Å². The molecule has 0 aliphatic carbocycles. The van der Waals surface area contributed by atoms with Crippen LogP contribution in [0.25, 0.3) is 0 Å². The Balaban J connectivity index is 1.48. The fraction of sp³-hybridized carbons (Fsp3) is 0.217. The molecule has 5 nitrogen and oxygen atoms in total. The Kier molecular flexibility index (Phi) is 6.39. The quantitative estimate of drug-likeness (QED) is 0.557. The summed E-state index contributed by atoms with van der Waals surface area (Å²) in [5, 5.41) is 0.676. The summed E-state index contributed by atoms with van der Waals surface area (Å²) < 4.78 is 39.1. The molecule has 0 saturated carbocycles. The molecule has 0 spiro atoms. The van der Waals surface area contributed by atoms with Crippen LogP contribution in [0.5, 0.6) is 5.75 Å². The molecule has 0 bridgehead atoms. The average Bonchev–Trinajstić information content (AvgIpc) is 2.98. The van der Waals surface area contributed by atoms with E-state index in [-0.39, 0.29) is 11.4 Å². The molecular weight excluding hydrogens is 422 g/mol. The van der Waals surface area contributed by atoms with Gasteiger partial charge in [-0.15, -0.1) is 0 Å². The molecule has 4 rings (SSSR count). The summed E-state index contributed by atoms with van der Waals surface area (Å²) in [4.78, 5) is 0.285. The number of hydrogen-bond acceptors (Lipinski definition) is 4. The van der Waals surface area contributed by atoms with Crippen molar-refractivity contribution in [3.8, 4) is 5.75 Å². The number of ether oxygens (including phenoxy) is 2. The molecular formula is C23H22ClNO4S. The fourth-order valence-corrected chi connectivity index (χ4v) is 4.97. The Morgan fingerprint density at radius 1 is 0.967 bits per heavy atom. The first-order chi connectivity index (χ1) is 14.5. The van der Waals surface area contributed by atoms with Gasteiger partial charge in [-0.3, -0.25) is 0 Å². The smallest absolute Gasteiger partial charge is 0.243 e. The summed E-state index contributed by atoms with van der Waals surface area (Å²) in [7, 11) is -3.59. The van der Waals surface area contributed by atoms with Crippen LogP contribution in [-0.2, 0) is 34.5 Å². The Bertz CT molecular complexity index is 1120. The van der Waals surface area contributed by atoms with Crippen molar-refractivity contribution in [3.63, 3.8) is 0 Å². The van der Waals surface area contributed by atoms with E-state index in [1.165, 1.54) is 4.31 Å². The van der Waals surface area contributed by atoms with Gasteiger partial charge in [0.25, 0.3) is 0 Å². The predicted octanol–water partition coefficient (Wildman–Crippen LogP) is 4.64. The zero-order valence-corrected chi connectivity index (χ0v) is 17.9. The summed E-state index contributed by atoms with van der Waals surface area (Å²) in [6.45, 7) is 1.66. The number of rotatable bonds is 6. The second-order valence-corrected chi connectivity index (χ2v) is 9.37. The van der Waals surface area contributed by atoms with Gasteiger partial charge in [0.15, 0.2) is 0 Å². The molecule has 0 N–H and O–H groups in total. The molecule has 0 fully saturated rings. The van der Waals surface area contributed by atoms with Gasteiger partial charge in [-0.2, -0.15) is 4.31 Å². The van der Waals surface area contributed by atoms with Gasteiger partial charge in [0, 0.05) is 23.7 Å². The minimum absolute atomic E-state index is 0.255. The zero-order chi connectivity index (χ0) is 21.0. The molecule has 30 heavy (non-hydrogen) atoms. The van der Waals surface area contributed by atoms with Crippen LogP contribution in [-0.4, -0.2) is 25.9 Å². The van der Waals surface area contributed by atoms with E-state index in [1.807, 2.05) is 42.5 Å². The molecule has 0 saturated heterocycles. The Labute approximate surface area is 181 Å². The van der Waals surface area contributed by atoms with Crippen molar-refractivity contribution >= 4 is 21.6 Å². The third-order valence-corrected chi connectivity index (χ3v) is 7.16. The van der Waals surface area contributed by atoms with Gasteiger partial charge in [-0.05, 0) is 41.5 Å². The minimum atomic E-state index is -3.59. The summed E-state index contributed by atoms with van der Waals surface area (Å²) in [5.41, 5.74) is 2.70. The lowest BCUT2D eigenvalue weighted by Crippen LogP contribution is -2.32. The number of halogens is 1. The SMILES string of the molecule is O=S(=O)(c1ccccc1)N1CCOc2ccc(COCc3ccccc3Cl)cc2C1. The van der Waals surface area contributed by atoms with Crippen LogP contribution in [0.3, 0.4) is 0 Å². The number of benzene rings is 3. The number of fused-ring (bicyclic) bond motifs is 1. The van der Waals surface area contributed by atoms with E-state index in [4.69, 9.17) is 21.1 Å². The first-order valence-corrected chi connectivity index (χ1v) is 11.5. The van der Waals surface area contributed by atoms with E-state index >= 15 is 0 Å². The highest BCUT2D eigenvalue weighted by Crippen LogP contribution is 2.28. The molecule has 7 heteroatoms. The topological polar surface area (TPSA) is 55.8 Å². The van der Waals surface area contributed by atoms with Crippen molar-refractivity contribution in [1.29, 1.82) is 0 Å². The summed E-state index contributed by atoms with van der Waals surface area (Å²) in [5.74, 6) is 0.704. The third-order valence-electron chi connectivity index (χ3n) is 4.93. The molecule has 0 aromatic heterocycles. The molecule has 0 unspecified atom stereocenters. The number of nitrogens with zero attached hydrogens (tertiary/aromatic N) is 1. The highest BCUT2D eigenvalue weighted by molar-refractivity contribution is 7.89. The maximum Gasteiger partial charge on any atom is 0.243 e. The predicted molar refractivity (Wildman–Crippen MR) is 116 cm³/mol. The van der Waals surface area contributed by atoms with E-state index < -0.39 is 10.0 Å². The molecule has 0 radical (unpaired) electrons. The lowest BCUT2D eigenvalue weighted by Gasteiger charge is -2.19. The molecule has 0 amide bonds. The lowest BCUT2D eigenvalue weighted by molar-refractivity contribution is 0.107. The van der Waals surface area contributed by atoms with Gasteiger partial charge in [0.1, 0.15) is 12.4 Å². The maximum absolute atomic E-state index is 13.0. The maximum atomic E-state index is 13.0. The first kappa shape index (κ1) is 20.9. The normalized spacial score (nSPS) is 14.6. The van der Waals surface area contributed by atoms with E-state index in [0.29, 0.717) is 37.1 Å². The second kappa shape index (κ2) is 9.18. The monoisotopic (exact) mass is 443 g/mol. The standard InChI is InChI=1S/C23H22ClNO4S/c24-22-9-5-4-6-19(22)17-28-16-18-10-11-23-20(14-18)15-25(12-13-29-23)30(26,27)21-7-2-1-3-8-21/h1-11,14H,12-13,15-17H2. The van der Waals surface area contributed by atoms with Crippen LogP contribution < -0.4 is 4.74 Å². The van der Waals surface area contributed by atoms with Crippen LogP contribution in [0.2, 0.25) is 5.02 Å². The van der Waals surface area contributed by atoms with Crippen molar-refractivity contribution in [3.05, 3.63) is 94.5 Å². The molecule has 3 aromatic carbocycles. The molecule has 0 atom stereocenters.